The standard InChI is InChI=1S/C17H19N3O5/c1-24-16(21)3-2-8-25-13-6-4-12(5-7-13)9-19-15-11-18-14(10-20-15)17(22)23/h4-7,10-11H,2-3,8-9H2,1H3,(H,19,20)(H,22,23). The number of nitrogens with one attached hydrogen (secondary N) is 1. The number of carbonyl (C=O) groups excluding carboxylic acids is 1. The van der Waals surface area contributed by atoms with Crippen LogP contribution in [0.3, 0.4) is 0 Å². The molecule has 132 valence electrons. The molecule has 25 heavy (non-hydrogen) atoms. The molecule has 0 amide bonds. The van der Waals surface area contributed by atoms with E-state index in [-0.39, 0.29) is 11.7 Å². The molecule has 2 N–H and O–H groups in total. The van der Waals surface area contributed by atoms with Gasteiger partial charge in [0.1, 0.15) is 11.6 Å². The Morgan fingerprint density at radius 2 is 1.92 bits per heavy atom. The Labute approximate surface area is 144 Å². The van der Waals surface area contributed by atoms with Crippen LogP contribution < -0.4 is 10.1 Å². The summed E-state index contributed by atoms with van der Waals surface area (Å²) in [5.41, 5.74) is 0.908. The van der Waals surface area contributed by atoms with Crippen molar-refractivity contribution in [1.82, 2.24) is 9.97 Å². The van der Waals surface area contributed by atoms with Crippen LogP contribution in [0.4, 0.5) is 5.82 Å². The molecule has 8 heteroatoms. The number of anilines is 1. The van der Waals surface area contributed by atoms with Gasteiger partial charge in [0, 0.05) is 13.0 Å². The number of esters is 1. The van der Waals surface area contributed by atoms with Gasteiger partial charge in [0.2, 0.25) is 0 Å². The molecule has 0 saturated heterocycles. The van der Waals surface area contributed by atoms with E-state index in [9.17, 15) is 9.59 Å². The summed E-state index contributed by atoms with van der Waals surface area (Å²) in [7, 11) is 1.36. The molecular weight excluding hydrogens is 326 g/mol. The Bertz CT molecular complexity index is 701. The van der Waals surface area contributed by atoms with Crippen LogP contribution in [0.1, 0.15) is 28.9 Å². The number of methoxy groups -OCH3 is 1. The molecule has 2 aromatic rings. The van der Waals surface area contributed by atoms with Crippen molar-refractivity contribution >= 4 is 17.8 Å². The average Bonchev–Trinajstić information content (AvgIpc) is 2.64. The molecule has 0 aliphatic rings. The summed E-state index contributed by atoms with van der Waals surface area (Å²) in [6.07, 6.45) is 3.51. The van der Waals surface area contributed by atoms with Gasteiger partial charge in [0.05, 0.1) is 26.1 Å². The highest BCUT2D eigenvalue weighted by Gasteiger charge is 2.05. The molecule has 1 aromatic heterocycles. The molecule has 0 bridgehead atoms. The lowest BCUT2D eigenvalue weighted by Gasteiger charge is -2.08. The molecule has 0 aliphatic carbocycles. The van der Waals surface area contributed by atoms with Crippen molar-refractivity contribution < 1.29 is 24.2 Å². The Kier molecular flexibility index (Phi) is 6.70. The topological polar surface area (TPSA) is 111 Å². The summed E-state index contributed by atoms with van der Waals surface area (Å²) < 4.78 is 10.1. The molecule has 1 aromatic carbocycles. The number of hydrogen-bond acceptors (Lipinski definition) is 7. The zero-order valence-electron chi connectivity index (χ0n) is 13.8. The van der Waals surface area contributed by atoms with Crippen LogP contribution in [0.5, 0.6) is 5.75 Å². The third-order valence-corrected chi connectivity index (χ3v) is 3.29. The second kappa shape index (κ2) is 9.21. The summed E-state index contributed by atoms with van der Waals surface area (Å²) in [5.74, 6) is -0.141. The third kappa shape index (κ3) is 6.09. The summed E-state index contributed by atoms with van der Waals surface area (Å²) in [6, 6.07) is 7.49. The normalized spacial score (nSPS) is 10.1. The number of ether oxygens (including phenoxy) is 2. The zero-order chi connectivity index (χ0) is 18.1. The number of carboxylic acids is 1. The van der Waals surface area contributed by atoms with Gasteiger partial charge in [-0.25, -0.2) is 14.8 Å². The van der Waals surface area contributed by atoms with E-state index in [0.29, 0.717) is 31.8 Å². The number of benzene rings is 1. The highest BCUT2D eigenvalue weighted by atomic mass is 16.5. The molecule has 0 saturated carbocycles. The summed E-state index contributed by atoms with van der Waals surface area (Å²) >= 11 is 0. The minimum absolute atomic E-state index is 0.0979. The van der Waals surface area contributed by atoms with Gasteiger partial charge in [-0.2, -0.15) is 0 Å². The van der Waals surface area contributed by atoms with Crippen molar-refractivity contribution in [3.63, 3.8) is 0 Å². The lowest BCUT2D eigenvalue weighted by atomic mass is 10.2. The van der Waals surface area contributed by atoms with E-state index in [1.807, 2.05) is 24.3 Å². The van der Waals surface area contributed by atoms with E-state index >= 15 is 0 Å². The van der Waals surface area contributed by atoms with E-state index in [2.05, 4.69) is 20.0 Å². The molecule has 0 spiro atoms. The van der Waals surface area contributed by atoms with E-state index in [4.69, 9.17) is 9.84 Å². The minimum atomic E-state index is -1.11. The van der Waals surface area contributed by atoms with Crippen LogP contribution in [0.25, 0.3) is 0 Å². The van der Waals surface area contributed by atoms with Gasteiger partial charge in [-0.05, 0) is 24.1 Å². The Morgan fingerprint density at radius 1 is 1.16 bits per heavy atom. The Hall–Kier alpha value is -3.16. The fourth-order valence-electron chi connectivity index (χ4n) is 1.93. The van der Waals surface area contributed by atoms with E-state index in [0.717, 1.165) is 11.3 Å². The van der Waals surface area contributed by atoms with E-state index in [1.165, 1.54) is 19.5 Å². The van der Waals surface area contributed by atoms with Crippen molar-refractivity contribution in [3.05, 3.63) is 47.9 Å². The fourth-order valence-corrected chi connectivity index (χ4v) is 1.93. The highest BCUT2D eigenvalue weighted by molar-refractivity contribution is 5.84. The first-order valence-electron chi connectivity index (χ1n) is 7.66. The fraction of sp³-hybridized carbons (Fsp3) is 0.294. The number of hydrogen-bond donors (Lipinski definition) is 2. The Balaban J connectivity index is 1.76. The minimum Gasteiger partial charge on any atom is -0.494 e. The molecule has 0 unspecified atom stereocenters. The van der Waals surface area contributed by atoms with Crippen molar-refractivity contribution in [1.29, 1.82) is 0 Å². The lowest BCUT2D eigenvalue weighted by Crippen LogP contribution is -2.06. The van der Waals surface area contributed by atoms with Gasteiger partial charge >= 0.3 is 11.9 Å². The molecule has 1 heterocycles. The predicted octanol–water partition coefficient (Wildman–Crippen LogP) is 2.12. The molecular formula is C17H19N3O5. The number of nitrogens with zero attached hydrogens (tertiary/aromatic N) is 2. The predicted molar refractivity (Wildman–Crippen MR) is 89.5 cm³/mol. The van der Waals surface area contributed by atoms with Gasteiger partial charge in [-0.1, -0.05) is 12.1 Å². The summed E-state index contributed by atoms with van der Waals surface area (Å²) in [5, 5.41) is 11.8. The number of rotatable bonds is 9. The monoisotopic (exact) mass is 345 g/mol. The SMILES string of the molecule is COC(=O)CCCOc1ccc(CNc2cnc(C(=O)O)cn2)cc1. The molecule has 0 atom stereocenters. The summed E-state index contributed by atoms with van der Waals surface area (Å²) in [6.45, 7) is 0.960. The number of aromatic carboxylic acids is 1. The molecule has 0 aliphatic heterocycles. The zero-order valence-corrected chi connectivity index (χ0v) is 13.8. The van der Waals surface area contributed by atoms with Gasteiger partial charge < -0.3 is 19.9 Å². The largest absolute Gasteiger partial charge is 0.494 e. The van der Waals surface area contributed by atoms with Crippen LogP contribution in [0.15, 0.2) is 36.7 Å². The second-order valence-electron chi connectivity index (χ2n) is 5.12. The molecule has 8 nitrogen and oxygen atoms in total. The number of carbonyl (C=O) groups is 2. The maximum absolute atomic E-state index is 11.0. The van der Waals surface area contributed by atoms with Crippen molar-refractivity contribution in [2.24, 2.45) is 0 Å². The third-order valence-electron chi connectivity index (χ3n) is 3.29. The van der Waals surface area contributed by atoms with Crippen LogP contribution in [0, 0.1) is 0 Å². The number of aromatic nitrogens is 2. The smallest absolute Gasteiger partial charge is 0.356 e. The van der Waals surface area contributed by atoms with Gasteiger partial charge in [-0.15, -0.1) is 0 Å². The van der Waals surface area contributed by atoms with E-state index < -0.39 is 5.97 Å². The first-order valence-corrected chi connectivity index (χ1v) is 7.66. The highest BCUT2D eigenvalue weighted by Crippen LogP contribution is 2.14. The molecule has 0 radical (unpaired) electrons. The van der Waals surface area contributed by atoms with Crippen molar-refractivity contribution in [3.8, 4) is 5.75 Å². The number of carboxylic acid groups (broad SMARTS) is 1. The maximum atomic E-state index is 11.0. The Morgan fingerprint density at radius 3 is 2.52 bits per heavy atom. The van der Waals surface area contributed by atoms with E-state index in [1.54, 1.807) is 0 Å². The van der Waals surface area contributed by atoms with Crippen LogP contribution in [-0.4, -0.2) is 40.7 Å². The molecule has 2 rings (SSSR count). The van der Waals surface area contributed by atoms with Crippen LogP contribution in [0.2, 0.25) is 0 Å². The lowest BCUT2D eigenvalue weighted by molar-refractivity contribution is -0.140. The summed E-state index contributed by atoms with van der Waals surface area (Å²) in [4.78, 5) is 29.5. The van der Waals surface area contributed by atoms with Crippen LogP contribution >= 0.6 is 0 Å². The van der Waals surface area contributed by atoms with Crippen LogP contribution in [-0.2, 0) is 16.1 Å². The van der Waals surface area contributed by atoms with Gasteiger partial charge in [0.25, 0.3) is 0 Å². The maximum Gasteiger partial charge on any atom is 0.356 e. The van der Waals surface area contributed by atoms with Gasteiger partial charge in [-0.3, -0.25) is 4.79 Å². The van der Waals surface area contributed by atoms with Crippen molar-refractivity contribution in [2.75, 3.05) is 19.0 Å². The first kappa shape index (κ1) is 18.2. The first-order chi connectivity index (χ1) is 12.1. The average molecular weight is 345 g/mol. The van der Waals surface area contributed by atoms with Crippen molar-refractivity contribution in [2.45, 2.75) is 19.4 Å². The second-order valence-corrected chi connectivity index (χ2v) is 5.12. The van der Waals surface area contributed by atoms with Gasteiger partial charge in [0.15, 0.2) is 5.69 Å². The molecule has 0 fully saturated rings. The quantitative estimate of drug-likeness (QED) is 0.525.